The number of amides is 1. The Morgan fingerprint density at radius 2 is 1.82 bits per heavy atom. The summed E-state index contributed by atoms with van der Waals surface area (Å²) in [6, 6.07) is 22.9. The molecule has 28 heavy (non-hydrogen) atoms. The molecule has 140 valence electrons. The minimum Gasteiger partial charge on any atom is -0.484 e. The first-order chi connectivity index (χ1) is 13.7. The molecule has 0 bridgehead atoms. The zero-order chi connectivity index (χ0) is 19.3. The number of aryl methyl sites for hydroxylation is 1. The number of ether oxygens (including phenoxy) is 1. The molecule has 0 unspecified atom stereocenters. The first-order valence-electron chi connectivity index (χ1n) is 9.08. The van der Waals surface area contributed by atoms with Crippen molar-refractivity contribution in [1.29, 1.82) is 0 Å². The van der Waals surface area contributed by atoms with Crippen molar-refractivity contribution in [2.45, 2.75) is 13.3 Å². The highest BCUT2D eigenvalue weighted by Gasteiger charge is 2.08. The fraction of sp³-hybridized carbons (Fsp3) is 0.130. The molecule has 0 saturated carbocycles. The molecule has 0 spiro atoms. The van der Waals surface area contributed by atoms with Crippen LogP contribution in [0.5, 0.6) is 5.75 Å². The highest BCUT2D eigenvalue weighted by Crippen LogP contribution is 2.20. The third kappa shape index (κ3) is 4.38. The summed E-state index contributed by atoms with van der Waals surface area (Å²) in [5.41, 5.74) is 4.60. The summed E-state index contributed by atoms with van der Waals surface area (Å²) in [6.45, 7) is 2.00. The van der Waals surface area contributed by atoms with Gasteiger partial charge in [0.15, 0.2) is 18.1 Å². The molecule has 1 heterocycles. The molecule has 1 aromatic heterocycles. The lowest BCUT2D eigenvalue weighted by Crippen LogP contribution is -2.20. The Hall–Kier alpha value is -3.60. The van der Waals surface area contributed by atoms with Gasteiger partial charge in [0.25, 0.3) is 5.91 Å². The van der Waals surface area contributed by atoms with Crippen LogP contribution in [0.1, 0.15) is 17.0 Å². The Bertz CT molecular complexity index is 1090. The van der Waals surface area contributed by atoms with Gasteiger partial charge in [-0.05, 0) is 54.4 Å². The quantitative estimate of drug-likeness (QED) is 0.531. The van der Waals surface area contributed by atoms with Gasteiger partial charge in [0.1, 0.15) is 11.3 Å². The van der Waals surface area contributed by atoms with Crippen molar-refractivity contribution in [3.8, 4) is 5.75 Å². The zero-order valence-electron chi connectivity index (χ0n) is 15.5. The number of nitrogens with zero attached hydrogens (tertiary/aromatic N) is 1. The molecule has 4 rings (SSSR count). The number of anilines is 1. The van der Waals surface area contributed by atoms with E-state index in [9.17, 15) is 4.79 Å². The second-order valence-electron chi connectivity index (χ2n) is 6.60. The number of hydrogen-bond donors (Lipinski definition) is 1. The average Bonchev–Trinajstić information content (AvgIpc) is 3.10. The molecule has 1 amide bonds. The molecule has 3 aromatic carbocycles. The fourth-order valence-corrected chi connectivity index (χ4v) is 2.90. The Labute approximate surface area is 163 Å². The summed E-state index contributed by atoms with van der Waals surface area (Å²) in [5.74, 6) is 1.14. The van der Waals surface area contributed by atoms with Crippen molar-refractivity contribution in [1.82, 2.24) is 4.98 Å². The topological polar surface area (TPSA) is 64.4 Å². The van der Waals surface area contributed by atoms with E-state index in [4.69, 9.17) is 9.15 Å². The van der Waals surface area contributed by atoms with E-state index in [1.54, 1.807) is 0 Å². The van der Waals surface area contributed by atoms with Gasteiger partial charge in [0.05, 0.1) is 0 Å². The van der Waals surface area contributed by atoms with E-state index in [1.807, 2.05) is 79.7 Å². The number of aromatic nitrogens is 1. The Kier molecular flexibility index (Phi) is 5.06. The van der Waals surface area contributed by atoms with E-state index in [-0.39, 0.29) is 12.5 Å². The van der Waals surface area contributed by atoms with Gasteiger partial charge >= 0.3 is 0 Å². The lowest BCUT2D eigenvalue weighted by Gasteiger charge is -2.08. The van der Waals surface area contributed by atoms with Crippen LogP contribution >= 0.6 is 0 Å². The number of carbonyl (C=O) groups is 1. The van der Waals surface area contributed by atoms with Crippen LogP contribution in [0, 0.1) is 6.92 Å². The summed E-state index contributed by atoms with van der Waals surface area (Å²) >= 11 is 0. The summed E-state index contributed by atoms with van der Waals surface area (Å²) in [7, 11) is 0. The van der Waals surface area contributed by atoms with Crippen molar-refractivity contribution in [3.05, 3.63) is 89.8 Å². The summed E-state index contributed by atoms with van der Waals surface area (Å²) < 4.78 is 11.2. The van der Waals surface area contributed by atoms with Crippen LogP contribution in [0.15, 0.2) is 77.2 Å². The van der Waals surface area contributed by atoms with Crippen molar-refractivity contribution >= 4 is 22.7 Å². The maximum absolute atomic E-state index is 12.0. The Balaban J connectivity index is 1.34. The third-order valence-electron chi connectivity index (χ3n) is 4.29. The molecule has 0 fully saturated rings. The Morgan fingerprint density at radius 1 is 1.04 bits per heavy atom. The molecule has 0 radical (unpaired) electrons. The number of nitrogens with one attached hydrogen (secondary N) is 1. The molecule has 0 aliphatic rings. The summed E-state index contributed by atoms with van der Waals surface area (Å²) in [5, 5.41) is 2.83. The molecule has 0 aliphatic carbocycles. The van der Waals surface area contributed by atoms with Crippen LogP contribution in [-0.4, -0.2) is 17.5 Å². The number of carbonyl (C=O) groups excluding carboxylic acids is 1. The number of benzene rings is 3. The van der Waals surface area contributed by atoms with Crippen molar-refractivity contribution < 1.29 is 13.9 Å². The Morgan fingerprint density at radius 3 is 2.61 bits per heavy atom. The first kappa shape index (κ1) is 17.8. The van der Waals surface area contributed by atoms with Crippen molar-refractivity contribution in [2.24, 2.45) is 0 Å². The number of para-hydroxylation sites is 1. The average molecular weight is 372 g/mol. The molecule has 5 nitrogen and oxygen atoms in total. The number of fused-ring (bicyclic) bond motifs is 1. The van der Waals surface area contributed by atoms with E-state index in [1.165, 1.54) is 0 Å². The van der Waals surface area contributed by atoms with Crippen molar-refractivity contribution in [2.75, 3.05) is 11.9 Å². The highest BCUT2D eigenvalue weighted by atomic mass is 16.5. The monoisotopic (exact) mass is 372 g/mol. The SMILES string of the molecule is Cc1ccc2oc(Cc3ccc(NC(=O)COc4ccccc4)cc3)nc2c1. The van der Waals surface area contributed by atoms with Crippen LogP contribution in [0.25, 0.3) is 11.1 Å². The van der Waals surface area contributed by atoms with Crippen molar-refractivity contribution in [3.63, 3.8) is 0 Å². The highest BCUT2D eigenvalue weighted by molar-refractivity contribution is 5.91. The molecule has 5 heteroatoms. The van der Waals surface area contributed by atoms with E-state index in [0.29, 0.717) is 18.1 Å². The predicted octanol–water partition coefficient (Wildman–Crippen LogP) is 4.74. The number of oxazole rings is 1. The van der Waals surface area contributed by atoms with Crippen LogP contribution in [0.4, 0.5) is 5.69 Å². The fourth-order valence-electron chi connectivity index (χ4n) is 2.90. The van der Waals surface area contributed by atoms with E-state index >= 15 is 0 Å². The molecule has 4 aromatic rings. The maximum atomic E-state index is 12.0. The number of rotatable bonds is 6. The van der Waals surface area contributed by atoms with Gasteiger partial charge in [-0.1, -0.05) is 36.4 Å². The second-order valence-corrected chi connectivity index (χ2v) is 6.60. The van der Waals surface area contributed by atoms with E-state index in [0.717, 1.165) is 27.9 Å². The normalized spacial score (nSPS) is 10.8. The smallest absolute Gasteiger partial charge is 0.262 e. The summed E-state index contributed by atoms with van der Waals surface area (Å²) in [4.78, 5) is 16.6. The standard InChI is InChI=1S/C23H20N2O3/c1-16-7-12-21-20(13-16)25-23(28-21)14-17-8-10-18(11-9-17)24-22(26)15-27-19-5-3-2-4-6-19/h2-13H,14-15H2,1H3,(H,24,26). The van der Waals surface area contributed by atoms with Gasteiger partial charge in [-0.3, -0.25) is 4.79 Å². The lowest BCUT2D eigenvalue weighted by molar-refractivity contribution is -0.118. The van der Waals surface area contributed by atoms with Crippen LogP contribution in [0.2, 0.25) is 0 Å². The number of hydrogen-bond acceptors (Lipinski definition) is 4. The van der Waals surface area contributed by atoms with Gasteiger partial charge in [0.2, 0.25) is 0 Å². The predicted molar refractivity (Wildman–Crippen MR) is 109 cm³/mol. The maximum Gasteiger partial charge on any atom is 0.262 e. The zero-order valence-corrected chi connectivity index (χ0v) is 15.5. The molecule has 1 N–H and O–H groups in total. The molecule has 0 aliphatic heterocycles. The van der Waals surface area contributed by atoms with E-state index < -0.39 is 0 Å². The molecular weight excluding hydrogens is 352 g/mol. The minimum atomic E-state index is -0.203. The van der Waals surface area contributed by atoms with Gasteiger partial charge < -0.3 is 14.5 Å². The van der Waals surface area contributed by atoms with Gasteiger partial charge in [-0.15, -0.1) is 0 Å². The summed E-state index contributed by atoms with van der Waals surface area (Å²) in [6.07, 6.45) is 0.596. The molecular formula is C23H20N2O3. The van der Waals surface area contributed by atoms with Gasteiger partial charge in [-0.25, -0.2) is 4.98 Å². The molecule has 0 saturated heterocycles. The van der Waals surface area contributed by atoms with Gasteiger partial charge in [-0.2, -0.15) is 0 Å². The minimum absolute atomic E-state index is 0.0336. The largest absolute Gasteiger partial charge is 0.484 e. The third-order valence-corrected chi connectivity index (χ3v) is 4.29. The first-order valence-corrected chi connectivity index (χ1v) is 9.08. The van der Waals surface area contributed by atoms with Crippen LogP contribution in [0.3, 0.4) is 0 Å². The molecule has 0 atom stereocenters. The van der Waals surface area contributed by atoms with Crippen LogP contribution in [-0.2, 0) is 11.2 Å². The lowest BCUT2D eigenvalue weighted by atomic mass is 10.1. The van der Waals surface area contributed by atoms with E-state index in [2.05, 4.69) is 10.3 Å². The second kappa shape index (κ2) is 7.96. The van der Waals surface area contributed by atoms with Gasteiger partial charge in [0, 0.05) is 12.1 Å². The van der Waals surface area contributed by atoms with Crippen LogP contribution < -0.4 is 10.1 Å².